The molecule has 1 aromatic rings. The number of carbonyl (C=O) groups is 1. The Morgan fingerprint density at radius 1 is 1.40 bits per heavy atom. The van der Waals surface area contributed by atoms with E-state index < -0.39 is 16.0 Å². The van der Waals surface area contributed by atoms with Crippen LogP contribution >= 0.6 is 0 Å². The van der Waals surface area contributed by atoms with Crippen molar-refractivity contribution in [1.82, 2.24) is 14.6 Å². The zero-order valence-corrected chi connectivity index (χ0v) is 14.9. The monoisotopic (exact) mass is 365 g/mol. The van der Waals surface area contributed by atoms with Gasteiger partial charge >= 0.3 is 0 Å². The number of likely N-dealkylation sites (tertiary alicyclic amines) is 1. The molecule has 1 N–H and O–H groups in total. The number of sulfonamides is 1. The molecule has 7 nitrogen and oxygen atoms in total. The van der Waals surface area contributed by atoms with E-state index in [2.05, 4.69) is 9.71 Å². The van der Waals surface area contributed by atoms with Gasteiger partial charge in [0.2, 0.25) is 10.8 Å². The van der Waals surface area contributed by atoms with Gasteiger partial charge in [0, 0.05) is 31.1 Å². The third-order valence-electron chi connectivity index (χ3n) is 5.53. The summed E-state index contributed by atoms with van der Waals surface area (Å²) in [5, 5.41) is 0. The first-order valence-corrected chi connectivity index (χ1v) is 10.4. The molecule has 4 rings (SSSR count). The summed E-state index contributed by atoms with van der Waals surface area (Å²) in [5.74, 6) is 0.622. The summed E-state index contributed by atoms with van der Waals surface area (Å²) in [5.41, 5.74) is -0.704. The van der Waals surface area contributed by atoms with Crippen LogP contribution < -0.4 is 9.46 Å². The highest BCUT2D eigenvalue weighted by molar-refractivity contribution is 7.95. The van der Waals surface area contributed by atoms with Gasteiger partial charge in [-0.2, -0.15) is 0 Å². The van der Waals surface area contributed by atoms with Crippen molar-refractivity contribution in [3.8, 4) is 5.75 Å². The van der Waals surface area contributed by atoms with E-state index >= 15 is 0 Å². The van der Waals surface area contributed by atoms with Crippen LogP contribution in [0.25, 0.3) is 0 Å². The second-order valence-electron chi connectivity index (χ2n) is 7.28. The molecule has 136 valence electrons. The summed E-state index contributed by atoms with van der Waals surface area (Å²) >= 11 is 0. The van der Waals surface area contributed by atoms with E-state index in [1.54, 1.807) is 6.07 Å². The molecule has 25 heavy (non-hydrogen) atoms. The Bertz CT molecular complexity index is 722. The molecule has 0 bridgehead atoms. The van der Waals surface area contributed by atoms with Gasteiger partial charge in [-0.15, -0.1) is 4.72 Å². The number of carbonyl (C=O) groups excluding carboxylic acids is 1. The van der Waals surface area contributed by atoms with Gasteiger partial charge in [0.25, 0.3) is 0 Å². The lowest BCUT2D eigenvalue weighted by Gasteiger charge is -2.30. The summed E-state index contributed by atoms with van der Waals surface area (Å²) < 4.78 is 33.5. The van der Waals surface area contributed by atoms with E-state index in [1.807, 2.05) is 4.90 Å². The summed E-state index contributed by atoms with van der Waals surface area (Å²) in [6.45, 7) is 1.20. The maximum atomic E-state index is 12.8. The lowest BCUT2D eigenvalue weighted by molar-refractivity contribution is -0.136. The van der Waals surface area contributed by atoms with E-state index in [1.165, 1.54) is 18.8 Å². The molecule has 8 heteroatoms. The molecule has 1 amide bonds. The Balaban J connectivity index is 1.54. The fourth-order valence-corrected chi connectivity index (χ4v) is 5.28. The number of fused-ring (bicyclic) bond motifs is 1. The van der Waals surface area contributed by atoms with Crippen molar-refractivity contribution in [3.05, 3.63) is 18.5 Å². The molecule has 1 aliphatic carbocycles. The molecule has 1 spiro atoms. The van der Waals surface area contributed by atoms with Crippen LogP contribution in [-0.2, 0) is 19.4 Å². The summed E-state index contributed by atoms with van der Waals surface area (Å²) in [6, 6.07) is 1.58. The van der Waals surface area contributed by atoms with E-state index in [0.717, 1.165) is 25.7 Å². The molecule has 0 aromatic carbocycles. The van der Waals surface area contributed by atoms with Gasteiger partial charge in [-0.3, -0.25) is 9.78 Å². The molecule has 1 aromatic heterocycles. The highest BCUT2D eigenvalue weighted by atomic mass is 32.3. The third kappa shape index (κ3) is 3.18. The number of hydrogen-bond acceptors (Lipinski definition) is 5. The lowest BCUT2D eigenvalue weighted by Crippen LogP contribution is -2.49. The van der Waals surface area contributed by atoms with E-state index in [4.69, 9.17) is 4.74 Å². The second kappa shape index (κ2) is 6.34. The first-order chi connectivity index (χ1) is 12.0. The van der Waals surface area contributed by atoms with Crippen LogP contribution in [0.3, 0.4) is 0 Å². The predicted octanol–water partition coefficient (Wildman–Crippen LogP) is 1.52. The minimum absolute atomic E-state index is 0.0592. The number of nitrogens with zero attached hydrogens (tertiary/aromatic N) is 2. The van der Waals surface area contributed by atoms with Crippen molar-refractivity contribution in [3.63, 3.8) is 0 Å². The van der Waals surface area contributed by atoms with Crippen molar-refractivity contribution in [2.45, 2.75) is 49.0 Å². The number of amides is 1. The Morgan fingerprint density at radius 2 is 2.20 bits per heavy atom. The smallest absolute Gasteiger partial charge is 0.235 e. The van der Waals surface area contributed by atoms with E-state index in [9.17, 15) is 13.6 Å². The number of nitrogens with one attached hydrogen (secondary N) is 1. The molecular formula is C17H23N3O4S. The minimum Gasteiger partial charge on any atom is -0.593 e. The normalized spacial score (nSPS) is 32.9. The predicted molar refractivity (Wildman–Crippen MR) is 90.5 cm³/mol. The van der Waals surface area contributed by atoms with Crippen LogP contribution in [0.2, 0.25) is 0 Å². The fourth-order valence-electron chi connectivity index (χ4n) is 4.10. The van der Waals surface area contributed by atoms with E-state index in [0.29, 0.717) is 25.3 Å². The Morgan fingerprint density at radius 3 is 3.00 bits per heavy atom. The average Bonchev–Trinajstić information content (AvgIpc) is 3.00. The zero-order valence-electron chi connectivity index (χ0n) is 14.1. The van der Waals surface area contributed by atoms with Crippen molar-refractivity contribution >= 4 is 16.3 Å². The molecule has 3 heterocycles. The molecule has 1 saturated carbocycles. The number of aromatic nitrogens is 1. The van der Waals surface area contributed by atoms with Crippen LogP contribution in [-0.4, -0.2) is 45.6 Å². The van der Waals surface area contributed by atoms with Gasteiger partial charge in [-0.25, -0.2) is 0 Å². The molecule has 3 aliphatic rings. The van der Waals surface area contributed by atoms with Gasteiger partial charge in [-0.1, -0.05) is 23.5 Å². The topological polar surface area (TPSA) is 94.6 Å². The Labute approximate surface area is 148 Å². The van der Waals surface area contributed by atoms with Crippen molar-refractivity contribution in [2.75, 3.05) is 19.6 Å². The standard InChI is InChI=1S/C17H23N3O4S/c21-16(13-4-2-1-3-5-13)20-9-7-17(12-20)11-19-25(22,23)15-10-18-8-6-14(15)24-17/h6,8,10,13H,1-5,7,9,11-12H2,(H-,19,22,23). The lowest BCUT2D eigenvalue weighted by atomic mass is 9.88. The van der Waals surface area contributed by atoms with Crippen LogP contribution in [0, 0.1) is 5.92 Å². The van der Waals surface area contributed by atoms with Gasteiger partial charge in [0.05, 0.1) is 19.3 Å². The molecule has 1 saturated heterocycles. The molecule has 0 radical (unpaired) electrons. The third-order valence-corrected chi connectivity index (χ3v) is 6.94. The van der Waals surface area contributed by atoms with Crippen LogP contribution in [0.5, 0.6) is 5.75 Å². The van der Waals surface area contributed by atoms with Crippen LogP contribution in [0.4, 0.5) is 0 Å². The molecule has 2 atom stereocenters. The fraction of sp³-hybridized carbons (Fsp3) is 0.647. The zero-order chi connectivity index (χ0) is 17.5. The van der Waals surface area contributed by atoms with Gasteiger partial charge < -0.3 is 14.2 Å². The van der Waals surface area contributed by atoms with Gasteiger partial charge in [-0.05, 0) is 12.8 Å². The maximum Gasteiger partial charge on any atom is 0.235 e. The number of hydrogen-bond donors (Lipinski definition) is 1. The summed E-state index contributed by atoms with van der Waals surface area (Å²) in [6.07, 6.45) is 8.82. The van der Waals surface area contributed by atoms with E-state index in [-0.39, 0.29) is 23.3 Å². The Kier molecular flexibility index (Phi) is 4.29. The number of ether oxygens (including phenoxy) is 1. The maximum absolute atomic E-state index is 12.8. The average molecular weight is 365 g/mol. The molecule has 2 unspecified atom stereocenters. The quantitative estimate of drug-likeness (QED) is 0.762. The van der Waals surface area contributed by atoms with Crippen molar-refractivity contribution < 1.29 is 18.3 Å². The molecule has 2 aliphatic heterocycles. The first kappa shape index (κ1) is 16.9. The largest absolute Gasteiger partial charge is 0.593 e. The summed E-state index contributed by atoms with van der Waals surface area (Å²) in [7, 11) is -3.64. The second-order valence-corrected chi connectivity index (χ2v) is 9.01. The number of rotatable bonds is 1. The SMILES string of the molecule is O=C(C1CCCCC1)N1CCC2(CN[S+](=O)([O-])c3cnccc3O2)C1. The van der Waals surface area contributed by atoms with Crippen LogP contribution in [0.1, 0.15) is 38.5 Å². The van der Waals surface area contributed by atoms with Crippen molar-refractivity contribution in [1.29, 1.82) is 0 Å². The van der Waals surface area contributed by atoms with Gasteiger partial charge in [0.1, 0.15) is 5.60 Å². The minimum atomic E-state index is -3.64. The highest BCUT2D eigenvalue weighted by Crippen LogP contribution is 2.37. The Hall–Kier alpha value is -1.51. The van der Waals surface area contributed by atoms with Crippen LogP contribution in [0.15, 0.2) is 23.4 Å². The molecular weight excluding hydrogens is 342 g/mol. The molecule has 2 fully saturated rings. The summed E-state index contributed by atoms with van der Waals surface area (Å²) in [4.78, 5) is 18.6. The first-order valence-electron chi connectivity index (χ1n) is 8.91. The number of pyridine rings is 1. The van der Waals surface area contributed by atoms with Gasteiger partial charge in [0.15, 0.2) is 16.1 Å². The van der Waals surface area contributed by atoms with Crippen molar-refractivity contribution in [2.24, 2.45) is 5.92 Å². The highest BCUT2D eigenvalue weighted by Gasteiger charge is 2.48.